The normalized spacial score (nSPS) is 18.3. The first-order valence-corrected chi connectivity index (χ1v) is 12.7. The Morgan fingerprint density at radius 1 is 1.19 bits per heavy atom. The van der Waals surface area contributed by atoms with Crippen molar-refractivity contribution in [2.45, 2.75) is 63.4 Å². The number of carbonyl (C=O) groups excluding carboxylic acids is 2. The van der Waals surface area contributed by atoms with Gasteiger partial charge in [-0.15, -0.1) is 0 Å². The minimum absolute atomic E-state index is 0.0223. The SMILES string of the molecule is Cn1ccc(-c2ccc(-c3cnc(C(CCCCCC(N)=O)CNC(=O)C4(C)CCCO4)[nH]3)cc2)n1. The molecule has 1 aliphatic rings. The van der Waals surface area contributed by atoms with Gasteiger partial charge < -0.3 is 20.8 Å². The van der Waals surface area contributed by atoms with Gasteiger partial charge in [0.2, 0.25) is 5.91 Å². The smallest absolute Gasteiger partial charge is 0.251 e. The van der Waals surface area contributed by atoms with E-state index in [9.17, 15) is 9.59 Å². The van der Waals surface area contributed by atoms with Crippen LogP contribution in [0.4, 0.5) is 0 Å². The molecule has 0 aliphatic carbocycles. The molecule has 1 aromatic carbocycles. The Labute approximate surface area is 211 Å². The van der Waals surface area contributed by atoms with Gasteiger partial charge in [0.25, 0.3) is 5.91 Å². The fraction of sp³-hybridized carbons (Fsp3) is 0.481. The van der Waals surface area contributed by atoms with Crippen molar-refractivity contribution in [3.8, 4) is 22.5 Å². The number of rotatable bonds is 12. The molecule has 0 radical (unpaired) electrons. The zero-order valence-corrected chi connectivity index (χ0v) is 21.1. The highest BCUT2D eigenvalue weighted by Gasteiger charge is 2.37. The quantitative estimate of drug-likeness (QED) is 0.332. The van der Waals surface area contributed by atoms with Crippen LogP contribution in [-0.4, -0.2) is 50.3 Å². The van der Waals surface area contributed by atoms with Crippen molar-refractivity contribution in [3.05, 3.63) is 48.5 Å². The van der Waals surface area contributed by atoms with Gasteiger partial charge in [0, 0.05) is 44.3 Å². The average Bonchev–Trinajstić information content (AvgIpc) is 3.62. The molecule has 4 N–H and O–H groups in total. The number of nitrogens with zero attached hydrogens (tertiary/aromatic N) is 3. The third kappa shape index (κ3) is 6.40. The molecule has 9 nitrogen and oxygen atoms in total. The van der Waals surface area contributed by atoms with Gasteiger partial charge in [0.1, 0.15) is 11.4 Å². The highest BCUT2D eigenvalue weighted by Crippen LogP contribution is 2.28. The number of imidazole rings is 1. The molecule has 1 saturated heterocycles. The summed E-state index contributed by atoms with van der Waals surface area (Å²) in [6.07, 6.45) is 9.22. The topological polar surface area (TPSA) is 128 Å². The first-order chi connectivity index (χ1) is 17.3. The average molecular weight is 493 g/mol. The summed E-state index contributed by atoms with van der Waals surface area (Å²) in [6, 6.07) is 10.2. The molecule has 0 bridgehead atoms. The first-order valence-electron chi connectivity index (χ1n) is 12.7. The molecule has 3 aromatic rings. The van der Waals surface area contributed by atoms with Gasteiger partial charge in [-0.1, -0.05) is 37.1 Å². The zero-order valence-electron chi connectivity index (χ0n) is 21.1. The summed E-state index contributed by atoms with van der Waals surface area (Å²) in [4.78, 5) is 32.0. The number of hydrogen-bond acceptors (Lipinski definition) is 5. The lowest BCUT2D eigenvalue weighted by Crippen LogP contribution is -2.45. The van der Waals surface area contributed by atoms with Gasteiger partial charge in [-0.3, -0.25) is 14.3 Å². The van der Waals surface area contributed by atoms with Crippen LogP contribution in [-0.2, 0) is 21.4 Å². The molecule has 2 aromatic heterocycles. The van der Waals surface area contributed by atoms with Gasteiger partial charge in [0.05, 0.1) is 17.6 Å². The number of H-pyrrole nitrogens is 1. The van der Waals surface area contributed by atoms with E-state index in [0.29, 0.717) is 19.6 Å². The largest absolute Gasteiger partial charge is 0.370 e. The molecule has 2 atom stereocenters. The van der Waals surface area contributed by atoms with E-state index in [0.717, 1.165) is 66.9 Å². The van der Waals surface area contributed by atoms with Crippen LogP contribution in [0.25, 0.3) is 22.5 Å². The second kappa shape index (κ2) is 11.5. The minimum atomic E-state index is -0.754. The van der Waals surface area contributed by atoms with Crippen LogP contribution in [0.1, 0.15) is 63.6 Å². The molecule has 2 unspecified atom stereocenters. The van der Waals surface area contributed by atoms with E-state index >= 15 is 0 Å². The number of nitrogens with one attached hydrogen (secondary N) is 2. The van der Waals surface area contributed by atoms with Crippen LogP contribution in [0.15, 0.2) is 42.7 Å². The molecule has 3 heterocycles. The third-order valence-electron chi connectivity index (χ3n) is 6.87. The summed E-state index contributed by atoms with van der Waals surface area (Å²) in [5, 5.41) is 7.55. The fourth-order valence-corrected chi connectivity index (χ4v) is 4.64. The van der Waals surface area contributed by atoms with E-state index in [2.05, 4.69) is 44.6 Å². The summed E-state index contributed by atoms with van der Waals surface area (Å²) in [5.74, 6) is 0.518. The van der Waals surface area contributed by atoms with E-state index < -0.39 is 5.60 Å². The van der Waals surface area contributed by atoms with Gasteiger partial charge >= 0.3 is 0 Å². The molecule has 9 heteroatoms. The second-order valence-electron chi connectivity index (χ2n) is 9.79. The first kappa shape index (κ1) is 25.6. The Bertz CT molecular complexity index is 1160. The highest BCUT2D eigenvalue weighted by molar-refractivity contribution is 5.85. The second-order valence-corrected chi connectivity index (χ2v) is 9.79. The van der Waals surface area contributed by atoms with Gasteiger partial charge in [-0.25, -0.2) is 4.98 Å². The van der Waals surface area contributed by atoms with Crippen LogP contribution in [0.3, 0.4) is 0 Å². The number of carbonyl (C=O) groups is 2. The van der Waals surface area contributed by atoms with Crippen LogP contribution < -0.4 is 11.1 Å². The number of unbranched alkanes of at least 4 members (excludes halogenated alkanes) is 2. The predicted octanol–water partition coefficient (Wildman–Crippen LogP) is 3.68. The van der Waals surface area contributed by atoms with E-state index in [-0.39, 0.29) is 17.7 Å². The van der Waals surface area contributed by atoms with Crippen LogP contribution in [0.2, 0.25) is 0 Å². The fourth-order valence-electron chi connectivity index (χ4n) is 4.64. The Morgan fingerprint density at radius 3 is 2.64 bits per heavy atom. The lowest BCUT2D eigenvalue weighted by atomic mass is 9.98. The Hall–Kier alpha value is -3.46. The summed E-state index contributed by atoms with van der Waals surface area (Å²) < 4.78 is 7.48. The number of ether oxygens (including phenoxy) is 1. The van der Waals surface area contributed by atoms with Gasteiger partial charge in [-0.2, -0.15) is 5.10 Å². The molecule has 192 valence electrons. The van der Waals surface area contributed by atoms with Crippen LogP contribution in [0, 0.1) is 0 Å². The van der Waals surface area contributed by atoms with Crippen LogP contribution in [0.5, 0.6) is 0 Å². The highest BCUT2D eigenvalue weighted by atomic mass is 16.5. The van der Waals surface area contributed by atoms with Crippen molar-refractivity contribution in [2.75, 3.05) is 13.2 Å². The molecule has 36 heavy (non-hydrogen) atoms. The summed E-state index contributed by atoms with van der Waals surface area (Å²) in [5.41, 5.74) is 8.45. The monoisotopic (exact) mass is 492 g/mol. The van der Waals surface area contributed by atoms with Crippen LogP contribution >= 0.6 is 0 Å². The molecule has 0 saturated carbocycles. The summed E-state index contributed by atoms with van der Waals surface area (Å²) >= 11 is 0. The number of amides is 2. The number of benzene rings is 1. The van der Waals surface area contributed by atoms with Crippen molar-refractivity contribution in [1.82, 2.24) is 25.1 Å². The maximum atomic E-state index is 12.8. The Balaban J connectivity index is 1.43. The number of nitrogens with two attached hydrogens (primary N) is 1. The van der Waals surface area contributed by atoms with Crippen molar-refractivity contribution >= 4 is 11.8 Å². The number of hydrogen-bond donors (Lipinski definition) is 3. The summed E-state index contributed by atoms with van der Waals surface area (Å²) in [6.45, 7) is 2.95. The van der Waals surface area contributed by atoms with E-state index in [1.54, 1.807) is 4.68 Å². The number of aryl methyl sites for hydroxylation is 1. The number of aromatic amines is 1. The lowest BCUT2D eigenvalue weighted by Gasteiger charge is -2.24. The molecule has 0 spiro atoms. The molecule has 1 fully saturated rings. The van der Waals surface area contributed by atoms with Gasteiger partial charge in [-0.05, 0) is 44.2 Å². The maximum Gasteiger partial charge on any atom is 0.251 e. The number of aromatic nitrogens is 4. The minimum Gasteiger partial charge on any atom is -0.370 e. The van der Waals surface area contributed by atoms with Crippen molar-refractivity contribution < 1.29 is 14.3 Å². The molecular formula is C27H36N6O3. The van der Waals surface area contributed by atoms with Crippen molar-refractivity contribution in [1.29, 1.82) is 0 Å². The summed E-state index contributed by atoms with van der Waals surface area (Å²) in [7, 11) is 1.90. The maximum absolute atomic E-state index is 12.8. The predicted molar refractivity (Wildman–Crippen MR) is 138 cm³/mol. The Kier molecular flexibility index (Phi) is 8.20. The van der Waals surface area contributed by atoms with Crippen molar-refractivity contribution in [3.63, 3.8) is 0 Å². The van der Waals surface area contributed by atoms with E-state index in [1.165, 1.54) is 0 Å². The van der Waals surface area contributed by atoms with Gasteiger partial charge in [0.15, 0.2) is 0 Å². The molecule has 4 rings (SSSR count). The van der Waals surface area contributed by atoms with E-state index in [1.807, 2.05) is 32.4 Å². The molecular weight excluding hydrogens is 456 g/mol. The lowest BCUT2D eigenvalue weighted by molar-refractivity contribution is -0.139. The molecule has 2 amide bonds. The third-order valence-corrected chi connectivity index (χ3v) is 6.87. The standard InChI is InChI=1S/C27H36N6O3/c1-27(14-6-16-36-27)26(35)30-17-21(7-4-3-5-8-24(28)34)25-29-18-23(31-25)20-11-9-19(10-12-20)22-13-15-33(2)32-22/h9-13,15,18,21H,3-8,14,16-17H2,1-2H3,(H2,28,34)(H,29,31)(H,30,35). The van der Waals surface area contributed by atoms with Crippen molar-refractivity contribution in [2.24, 2.45) is 12.8 Å². The number of primary amides is 1. The Morgan fingerprint density at radius 2 is 1.97 bits per heavy atom. The molecule has 1 aliphatic heterocycles. The van der Waals surface area contributed by atoms with E-state index in [4.69, 9.17) is 10.5 Å². The zero-order chi connectivity index (χ0) is 25.5.